The Kier molecular flexibility index (Phi) is 3.89. The number of hydrogen-bond donors (Lipinski definition) is 0. The molecule has 0 aromatic heterocycles. The molecule has 0 aliphatic heterocycles. The maximum absolute atomic E-state index is 11.3. The first-order valence-electron chi connectivity index (χ1n) is 7.42. The van der Waals surface area contributed by atoms with Crippen LogP contribution in [-0.2, 0) is 9.53 Å². The van der Waals surface area contributed by atoms with Gasteiger partial charge in [-0.05, 0) is 44.1 Å². The molecule has 0 radical (unpaired) electrons. The van der Waals surface area contributed by atoms with Gasteiger partial charge in [-0.3, -0.25) is 4.79 Å². The summed E-state index contributed by atoms with van der Waals surface area (Å²) in [5.74, 6) is 0.461. The normalized spacial score (nSPS) is 31.1. The lowest BCUT2D eigenvalue weighted by Gasteiger charge is -2.45. The van der Waals surface area contributed by atoms with Gasteiger partial charge in [-0.25, -0.2) is 0 Å². The number of esters is 1. The predicted molar refractivity (Wildman–Crippen MR) is 77.8 cm³/mol. The van der Waals surface area contributed by atoms with Crippen molar-refractivity contribution in [3.63, 3.8) is 0 Å². The van der Waals surface area contributed by atoms with Crippen molar-refractivity contribution in [1.82, 2.24) is 0 Å². The Morgan fingerprint density at radius 1 is 1.42 bits per heavy atom. The summed E-state index contributed by atoms with van der Waals surface area (Å²) in [4.78, 5) is 11.3. The van der Waals surface area contributed by atoms with Gasteiger partial charge in [0, 0.05) is 12.3 Å². The number of allylic oxidation sites excluding steroid dienone is 3. The molecule has 0 saturated carbocycles. The zero-order valence-corrected chi connectivity index (χ0v) is 12.9. The number of rotatable bonds is 2. The lowest BCUT2D eigenvalue weighted by Crippen LogP contribution is -2.42. The van der Waals surface area contributed by atoms with Crippen molar-refractivity contribution in [2.45, 2.75) is 66.4 Å². The molecule has 106 valence electrons. The first-order valence-corrected chi connectivity index (χ1v) is 7.42. The molecule has 2 heteroatoms. The van der Waals surface area contributed by atoms with Gasteiger partial charge in [0.05, 0.1) is 0 Å². The molecule has 2 aliphatic rings. The molecular weight excluding hydrogens is 236 g/mol. The standard InChI is InChI=1S/C17H26O2/c1-11(2)14-8-9-17(5)15(10-14)12(3)6-7-16(17)19-13(4)18/h10-11,16H,6-9H2,1-5H3/t16-,17-/m1/s1. The van der Waals surface area contributed by atoms with Crippen molar-refractivity contribution in [1.29, 1.82) is 0 Å². The highest BCUT2D eigenvalue weighted by atomic mass is 16.5. The first kappa shape index (κ1) is 14.4. The van der Waals surface area contributed by atoms with Crippen molar-refractivity contribution in [3.05, 3.63) is 22.8 Å². The monoisotopic (exact) mass is 262 g/mol. The van der Waals surface area contributed by atoms with Crippen LogP contribution in [0.15, 0.2) is 22.8 Å². The highest BCUT2D eigenvalue weighted by Crippen LogP contribution is 2.50. The molecule has 2 rings (SSSR count). The third-order valence-corrected chi connectivity index (χ3v) is 4.88. The van der Waals surface area contributed by atoms with Crippen LogP contribution in [0.4, 0.5) is 0 Å². The maximum Gasteiger partial charge on any atom is 0.302 e. The minimum atomic E-state index is -0.149. The van der Waals surface area contributed by atoms with Crippen molar-refractivity contribution in [2.24, 2.45) is 11.3 Å². The van der Waals surface area contributed by atoms with E-state index in [0.29, 0.717) is 5.92 Å². The highest BCUT2D eigenvalue weighted by molar-refractivity contribution is 5.66. The molecule has 0 aromatic carbocycles. The molecule has 2 aliphatic carbocycles. The van der Waals surface area contributed by atoms with Crippen LogP contribution in [0, 0.1) is 11.3 Å². The summed E-state index contributed by atoms with van der Waals surface area (Å²) in [5, 5.41) is 0. The molecule has 0 aromatic rings. The van der Waals surface area contributed by atoms with Gasteiger partial charge in [-0.2, -0.15) is 0 Å². The number of fused-ring (bicyclic) bond motifs is 1. The molecule has 0 fully saturated rings. The van der Waals surface area contributed by atoms with Gasteiger partial charge in [-0.1, -0.05) is 38.0 Å². The van der Waals surface area contributed by atoms with E-state index in [9.17, 15) is 4.79 Å². The molecule has 19 heavy (non-hydrogen) atoms. The van der Waals surface area contributed by atoms with E-state index in [2.05, 4.69) is 33.8 Å². The fourth-order valence-electron chi connectivity index (χ4n) is 3.55. The topological polar surface area (TPSA) is 26.3 Å². The van der Waals surface area contributed by atoms with Crippen LogP contribution in [-0.4, -0.2) is 12.1 Å². The van der Waals surface area contributed by atoms with E-state index in [-0.39, 0.29) is 17.5 Å². The maximum atomic E-state index is 11.3. The molecule has 2 nitrogen and oxygen atoms in total. The summed E-state index contributed by atoms with van der Waals surface area (Å²) in [6.45, 7) is 10.5. The lowest BCUT2D eigenvalue weighted by atomic mass is 9.62. The molecule has 0 saturated heterocycles. The Bertz CT molecular complexity index is 442. The second-order valence-corrected chi connectivity index (χ2v) is 6.62. The van der Waals surface area contributed by atoms with Crippen LogP contribution < -0.4 is 0 Å². The van der Waals surface area contributed by atoms with Crippen LogP contribution >= 0.6 is 0 Å². The summed E-state index contributed by atoms with van der Waals surface area (Å²) in [6, 6.07) is 0. The van der Waals surface area contributed by atoms with E-state index in [1.807, 2.05) is 0 Å². The largest absolute Gasteiger partial charge is 0.462 e. The third kappa shape index (κ3) is 2.63. The summed E-state index contributed by atoms with van der Waals surface area (Å²) < 4.78 is 5.61. The quantitative estimate of drug-likeness (QED) is 0.689. The zero-order chi connectivity index (χ0) is 14.2. The molecule has 0 heterocycles. The minimum absolute atomic E-state index is 0.0202. The summed E-state index contributed by atoms with van der Waals surface area (Å²) in [7, 11) is 0. The van der Waals surface area contributed by atoms with Crippen molar-refractivity contribution in [2.75, 3.05) is 0 Å². The molecule has 0 spiro atoms. The summed E-state index contributed by atoms with van der Waals surface area (Å²) in [6.07, 6.45) is 6.68. The van der Waals surface area contributed by atoms with Gasteiger partial charge in [0.1, 0.15) is 6.10 Å². The van der Waals surface area contributed by atoms with E-state index >= 15 is 0 Å². The zero-order valence-electron chi connectivity index (χ0n) is 12.9. The molecule has 0 unspecified atom stereocenters. The number of hydrogen-bond acceptors (Lipinski definition) is 2. The SMILES string of the molecule is CC(=O)O[C@@H]1CCC(C)=C2C=C(C(C)C)CC[C@]21C. The van der Waals surface area contributed by atoms with E-state index in [4.69, 9.17) is 4.74 Å². The Labute approximate surface area is 116 Å². The van der Waals surface area contributed by atoms with E-state index in [1.165, 1.54) is 23.6 Å². The average Bonchev–Trinajstić information content (AvgIpc) is 2.32. The van der Waals surface area contributed by atoms with Crippen molar-refractivity contribution >= 4 is 5.97 Å². The van der Waals surface area contributed by atoms with E-state index in [1.54, 1.807) is 0 Å². The van der Waals surface area contributed by atoms with Gasteiger partial charge >= 0.3 is 5.97 Å². The number of ether oxygens (including phenoxy) is 1. The van der Waals surface area contributed by atoms with Gasteiger partial charge < -0.3 is 4.74 Å². The predicted octanol–water partition coefficient (Wildman–Crippen LogP) is 4.41. The summed E-state index contributed by atoms with van der Waals surface area (Å²) >= 11 is 0. The first-order chi connectivity index (χ1) is 8.84. The third-order valence-electron chi connectivity index (χ3n) is 4.88. The van der Waals surface area contributed by atoms with Gasteiger partial charge in [0.25, 0.3) is 0 Å². The Hall–Kier alpha value is -1.05. The number of carbonyl (C=O) groups is 1. The molecule has 2 atom stereocenters. The average molecular weight is 262 g/mol. The van der Waals surface area contributed by atoms with Crippen LogP contribution in [0.25, 0.3) is 0 Å². The number of carbonyl (C=O) groups excluding carboxylic acids is 1. The Morgan fingerprint density at radius 3 is 2.68 bits per heavy atom. The van der Waals surface area contributed by atoms with Crippen LogP contribution in [0.2, 0.25) is 0 Å². The second kappa shape index (κ2) is 5.15. The van der Waals surface area contributed by atoms with Crippen molar-refractivity contribution < 1.29 is 9.53 Å². The lowest BCUT2D eigenvalue weighted by molar-refractivity contribution is -0.153. The smallest absolute Gasteiger partial charge is 0.302 e. The fourth-order valence-corrected chi connectivity index (χ4v) is 3.55. The van der Waals surface area contributed by atoms with Crippen LogP contribution in [0.3, 0.4) is 0 Å². The molecule has 0 amide bonds. The molecule has 0 bridgehead atoms. The Balaban J connectivity index is 2.37. The second-order valence-electron chi connectivity index (χ2n) is 6.62. The van der Waals surface area contributed by atoms with E-state index < -0.39 is 0 Å². The Morgan fingerprint density at radius 2 is 2.11 bits per heavy atom. The van der Waals surface area contributed by atoms with Crippen molar-refractivity contribution in [3.8, 4) is 0 Å². The highest BCUT2D eigenvalue weighted by Gasteiger charge is 2.44. The summed E-state index contributed by atoms with van der Waals surface area (Å²) in [5.41, 5.74) is 4.46. The van der Waals surface area contributed by atoms with Gasteiger partial charge in [-0.15, -0.1) is 0 Å². The van der Waals surface area contributed by atoms with Gasteiger partial charge in [0.2, 0.25) is 0 Å². The molecular formula is C17H26O2. The van der Waals surface area contributed by atoms with E-state index in [0.717, 1.165) is 25.7 Å². The minimum Gasteiger partial charge on any atom is -0.462 e. The molecule has 0 N–H and O–H groups in total. The fraction of sp³-hybridized carbons (Fsp3) is 0.706. The van der Waals surface area contributed by atoms with Crippen LogP contribution in [0.1, 0.15) is 60.3 Å². The van der Waals surface area contributed by atoms with Gasteiger partial charge in [0.15, 0.2) is 0 Å². The van der Waals surface area contributed by atoms with Crippen LogP contribution in [0.5, 0.6) is 0 Å².